The Hall–Kier alpha value is -2.47. The Morgan fingerprint density at radius 2 is 2.12 bits per heavy atom. The summed E-state index contributed by atoms with van der Waals surface area (Å²) in [5.74, 6) is 0.846. The number of piperidine rings is 1. The van der Waals surface area contributed by atoms with Crippen molar-refractivity contribution >= 4 is 5.91 Å². The molecule has 1 saturated heterocycles. The summed E-state index contributed by atoms with van der Waals surface area (Å²) in [6.07, 6.45) is 4.89. The molecule has 2 N–H and O–H groups in total. The lowest BCUT2D eigenvalue weighted by molar-refractivity contribution is 0.0951. The molecule has 4 heterocycles. The molecule has 2 bridgehead atoms. The van der Waals surface area contributed by atoms with Crippen LogP contribution in [0.25, 0.3) is 11.3 Å². The lowest BCUT2D eigenvalue weighted by atomic mass is 9.83. The summed E-state index contributed by atoms with van der Waals surface area (Å²) in [5.41, 5.74) is 3.19. The van der Waals surface area contributed by atoms with E-state index in [4.69, 9.17) is 0 Å². The van der Waals surface area contributed by atoms with E-state index in [1.807, 2.05) is 4.57 Å². The molecule has 2 atom stereocenters. The van der Waals surface area contributed by atoms with Crippen molar-refractivity contribution in [2.24, 2.45) is 5.92 Å². The Morgan fingerprint density at radius 1 is 1.23 bits per heavy atom. The van der Waals surface area contributed by atoms with Crippen LogP contribution >= 0.6 is 0 Å². The molecule has 0 spiro atoms. The molecule has 0 unspecified atom stereocenters. The molecular weight excluding hydrogens is 328 g/mol. The number of hydrogen-bond donors (Lipinski definition) is 2. The Kier molecular flexibility index (Phi) is 3.67. The van der Waals surface area contributed by atoms with Crippen LogP contribution in [0.2, 0.25) is 0 Å². The first kappa shape index (κ1) is 15.8. The van der Waals surface area contributed by atoms with E-state index in [1.54, 1.807) is 24.4 Å². The van der Waals surface area contributed by atoms with Gasteiger partial charge in [-0.1, -0.05) is 0 Å². The first-order chi connectivity index (χ1) is 12.7. The summed E-state index contributed by atoms with van der Waals surface area (Å²) in [4.78, 5) is 29.4. The summed E-state index contributed by atoms with van der Waals surface area (Å²) < 4.78 is 1.92. The molecule has 2 aromatic rings. The van der Waals surface area contributed by atoms with Gasteiger partial charge in [0.2, 0.25) is 0 Å². The third-order valence-electron chi connectivity index (χ3n) is 5.69. The third-order valence-corrected chi connectivity index (χ3v) is 5.69. The number of rotatable bonds is 3. The predicted molar refractivity (Wildman–Crippen MR) is 98.1 cm³/mol. The lowest BCUT2D eigenvalue weighted by Gasteiger charge is -2.37. The topological polar surface area (TPSA) is 76.0 Å². The zero-order valence-corrected chi connectivity index (χ0v) is 14.6. The number of nitrogens with zero attached hydrogens (tertiary/aromatic N) is 2. The van der Waals surface area contributed by atoms with Gasteiger partial charge in [0, 0.05) is 54.1 Å². The fraction of sp³-hybridized carbons (Fsp3) is 0.450. The highest BCUT2D eigenvalue weighted by atomic mass is 16.1. The van der Waals surface area contributed by atoms with Crippen LogP contribution in [-0.2, 0) is 6.54 Å². The average Bonchev–Trinajstić information content (AvgIpc) is 3.47. The van der Waals surface area contributed by atoms with Crippen molar-refractivity contribution in [2.45, 2.75) is 37.8 Å². The number of carbonyl (C=O) groups is 1. The smallest absolute Gasteiger partial charge is 0.251 e. The van der Waals surface area contributed by atoms with Gasteiger partial charge in [0.15, 0.2) is 0 Å². The summed E-state index contributed by atoms with van der Waals surface area (Å²) in [6.45, 7) is 2.69. The molecule has 2 aliphatic heterocycles. The minimum absolute atomic E-state index is 0.0312. The highest BCUT2D eigenvalue weighted by Gasteiger charge is 2.31. The SMILES string of the molecule is O=C(NC1CC1)c1ccnc(-c2cc3n(c(=O)c2)C[C@@H]2CNC[C@H]3C2)c1. The normalized spacial score (nSPS) is 24.0. The minimum Gasteiger partial charge on any atom is -0.349 e. The molecule has 2 aromatic heterocycles. The fourth-order valence-corrected chi connectivity index (χ4v) is 4.18. The molecule has 3 aliphatic rings. The number of nitrogens with one attached hydrogen (secondary N) is 2. The molecule has 1 aliphatic carbocycles. The third kappa shape index (κ3) is 2.84. The molecule has 1 amide bonds. The molecule has 26 heavy (non-hydrogen) atoms. The van der Waals surface area contributed by atoms with Gasteiger partial charge in [-0.25, -0.2) is 0 Å². The van der Waals surface area contributed by atoms with Gasteiger partial charge in [0.05, 0.1) is 5.69 Å². The summed E-state index contributed by atoms with van der Waals surface area (Å²) >= 11 is 0. The summed E-state index contributed by atoms with van der Waals surface area (Å²) in [5, 5.41) is 6.47. The Labute approximate surface area is 151 Å². The second kappa shape index (κ2) is 6.06. The largest absolute Gasteiger partial charge is 0.349 e. The van der Waals surface area contributed by atoms with E-state index >= 15 is 0 Å². The van der Waals surface area contributed by atoms with Gasteiger partial charge in [-0.3, -0.25) is 14.6 Å². The summed E-state index contributed by atoms with van der Waals surface area (Å²) in [7, 11) is 0. The van der Waals surface area contributed by atoms with Crippen LogP contribution in [0.4, 0.5) is 0 Å². The van der Waals surface area contributed by atoms with Crippen LogP contribution < -0.4 is 16.2 Å². The number of amides is 1. The maximum absolute atomic E-state index is 12.7. The van der Waals surface area contributed by atoms with E-state index in [0.29, 0.717) is 29.1 Å². The van der Waals surface area contributed by atoms with Crippen LogP contribution in [-0.4, -0.2) is 34.6 Å². The van der Waals surface area contributed by atoms with E-state index in [9.17, 15) is 9.59 Å². The van der Waals surface area contributed by atoms with Gasteiger partial charge in [0.25, 0.3) is 11.5 Å². The minimum atomic E-state index is -0.0647. The number of carbonyl (C=O) groups excluding carboxylic acids is 1. The number of fused-ring (bicyclic) bond motifs is 4. The van der Waals surface area contributed by atoms with Crippen molar-refractivity contribution in [1.82, 2.24) is 20.2 Å². The molecule has 5 rings (SSSR count). The molecule has 6 nitrogen and oxygen atoms in total. The van der Waals surface area contributed by atoms with Gasteiger partial charge in [-0.05, 0) is 49.9 Å². The van der Waals surface area contributed by atoms with E-state index in [0.717, 1.165) is 50.2 Å². The van der Waals surface area contributed by atoms with Crippen molar-refractivity contribution in [3.05, 3.63) is 52.1 Å². The molecule has 0 aromatic carbocycles. The first-order valence-corrected chi connectivity index (χ1v) is 9.40. The van der Waals surface area contributed by atoms with Gasteiger partial charge in [-0.15, -0.1) is 0 Å². The Morgan fingerprint density at radius 3 is 2.96 bits per heavy atom. The number of hydrogen-bond acceptors (Lipinski definition) is 4. The van der Waals surface area contributed by atoms with E-state index < -0.39 is 0 Å². The van der Waals surface area contributed by atoms with Crippen LogP contribution in [0, 0.1) is 5.92 Å². The maximum atomic E-state index is 12.7. The molecule has 1 saturated carbocycles. The zero-order chi connectivity index (χ0) is 17.7. The van der Waals surface area contributed by atoms with Crippen molar-refractivity contribution in [3.63, 3.8) is 0 Å². The van der Waals surface area contributed by atoms with E-state index in [2.05, 4.69) is 21.7 Å². The van der Waals surface area contributed by atoms with E-state index in [-0.39, 0.29) is 11.5 Å². The quantitative estimate of drug-likeness (QED) is 0.880. The average molecular weight is 350 g/mol. The van der Waals surface area contributed by atoms with Crippen molar-refractivity contribution < 1.29 is 4.79 Å². The first-order valence-electron chi connectivity index (χ1n) is 9.40. The monoisotopic (exact) mass is 350 g/mol. The zero-order valence-electron chi connectivity index (χ0n) is 14.6. The van der Waals surface area contributed by atoms with Gasteiger partial charge < -0.3 is 15.2 Å². The Bertz CT molecular complexity index is 932. The van der Waals surface area contributed by atoms with E-state index in [1.165, 1.54) is 0 Å². The van der Waals surface area contributed by atoms with Crippen molar-refractivity contribution in [2.75, 3.05) is 13.1 Å². The second-order valence-electron chi connectivity index (χ2n) is 7.75. The molecule has 0 radical (unpaired) electrons. The van der Waals surface area contributed by atoms with Crippen molar-refractivity contribution in [1.29, 1.82) is 0 Å². The van der Waals surface area contributed by atoms with Crippen LogP contribution in [0.5, 0.6) is 0 Å². The summed E-state index contributed by atoms with van der Waals surface area (Å²) in [6, 6.07) is 7.57. The second-order valence-corrected chi connectivity index (χ2v) is 7.75. The van der Waals surface area contributed by atoms with Gasteiger partial charge in [0.1, 0.15) is 0 Å². The predicted octanol–water partition coefficient (Wildman–Crippen LogP) is 1.51. The molecule has 2 fully saturated rings. The number of pyridine rings is 2. The Balaban J connectivity index is 1.51. The lowest BCUT2D eigenvalue weighted by Crippen LogP contribution is -2.44. The van der Waals surface area contributed by atoms with Gasteiger partial charge in [-0.2, -0.15) is 0 Å². The fourth-order valence-electron chi connectivity index (χ4n) is 4.18. The van der Waals surface area contributed by atoms with Crippen LogP contribution in [0.1, 0.15) is 41.2 Å². The van der Waals surface area contributed by atoms with Crippen molar-refractivity contribution in [3.8, 4) is 11.3 Å². The van der Waals surface area contributed by atoms with Crippen LogP contribution in [0.3, 0.4) is 0 Å². The van der Waals surface area contributed by atoms with Crippen LogP contribution in [0.15, 0.2) is 35.3 Å². The maximum Gasteiger partial charge on any atom is 0.251 e. The molecular formula is C20H22N4O2. The van der Waals surface area contributed by atoms with Gasteiger partial charge >= 0.3 is 0 Å². The standard InChI is InChI=1S/C20H22N4O2/c25-19-8-14(7-18-15-5-12(9-21-10-15)11-24(18)19)17-6-13(3-4-22-17)20(26)23-16-1-2-16/h3-4,6-8,12,15-16,21H,1-2,5,9-11H2,(H,23,26)/t12-,15+/m0/s1. The molecule has 134 valence electrons. The highest BCUT2D eigenvalue weighted by molar-refractivity contribution is 5.95. The number of aromatic nitrogens is 2. The highest BCUT2D eigenvalue weighted by Crippen LogP contribution is 2.33. The molecule has 6 heteroatoms.